The van der Waals surface area contributed by atoms with Gasteiger partial charge >= 0.3 is 0 Å². The van der Waals surface area contributed by atoms with E-state index in [2.05, 4.69) is 21.0 Å². The molecule has 0 radical (unpaired) electrons. The number of aromatic nitrogens is 5. The molecule has 0 aliphatic rings. The summed E-state index contributed by atoms with van der Waals surface area (Å²) in [5, 5.41) is 8.92. The second kappa shape index (κ2) is 5.56. The molecule has 0 saturated carbocycles. The summed E-state index contributed by atoms with van der Waals surface area (Å²) in [4.78, 5) is 17.7. The van der Waals surface area contributed by atoms with Crippen molar-refractivity contribution < 1.29 is 0 Å². The molecule has 0 aliphatic carbocycles. The quantitative estimate of drug-likeness (QED) is 0.568. The lowest BCUT2D eigenvalue weighted by Crippen LogP contribution is -2.01. The van der Waals surface area contributed by atoms with E-state index in [-0.39, 0.29) is 0 Å². The highest BCUT2D eigenvalue weighted by Gasteiger charge is 2.13. The second-order valence-electron chi connectivity index (χ2n) is 5.29. The van der Waals surface area contributed by atoms with Gasteiger partial charge in [-0.3, -0.25) is 9.55 Å². The maximum Gasteiger partial charge on any atom is 0.166 e. The first-order valence-corrected chi connectivity index (χ1v) is 7.39. The largest absolute Gasteiger partial charge is 0.265 e. The van der Waals surface area contributed by atoms with Crippen molar-refractivity contribution in [1.82, 2.24) is 24.5 Å². The van der Waals surface area contributed by atoms with Crippen molar-refractivity contribution >= 4 is 11.2 Å². The summed E-state index contributed by atoms with van der Waals surface area (Å²) in [6, 6.07) is 13.3. The molecule has 0 saturated heterocycles. The number of imidazole rings is 1. The first-order chi connectivity index (χ1) is 11.8. The van der Waals surface area contributed by atoms with E-state index in [4.69, 9.17) is 10.2 Å². The van der Waals surface area contributed by atoms with Crippen molar-refractivity contribution in [3.05, 3.63) is 66.4 Å². The number of aryl methyl sites for hydroxylation is 1. The fourth-order valence-corrected chi connectivity index (χ4v) is 2.61. The van der Waals surface area contributed by atoms with E-state index in [0.717, 1.165) is 28.2 Å². The third-order valence-electron chi connectivity index (χ3n) is 3.75. The molecule has 0 N–H and O–H groups in total. The van der Waals surface area contributed by atoms with Gasteiger partial charge in [-0.2, -0.15) is 5.26 Å². The molecule has 0 atom stereocenters. The zero-order chi connectivity index (χ0) is 16.5. The lowest BCUT2D eigenvalue weighted by atomic mass is 10.2. The van der Waals surface area contributed by atoms with Gasteiger partial charge in [0.15, 0.2) is 5.65 Å². The van der Waals surface area contributed by atoms with Crippen LogP contribution >= 0.6 is 0 Å². The molecule has 4 heterocycles. The SMILES string of the molecule is Cc1nc2ccc(-c3ccncc3)nc2n1-c1ccc(C#N)cn1. The number of nitriles is 1. The number of rotatable bonds is 2. The minimum Gasteiger partial charge on any atom is -0.265 e. The van der Waals surface area contributed by atoms with Crippen LogP contribution in [-0.4, -0.2) is 24.5 Å². The Bertz CT molecular complexity index is 1060. The van der Waals surface area contributed by atoms with Gasteiger partial charge in [0.1, 0.15) is 23.2 Å². The van der Waals surface area contributed by atoms with Crippen LogP contribution in [0.5, 0.6) is 0 Å². The van der Waals surface area contributed by atoms with Crippen LogP contribution in [0.2, 0.25) is 0 Å². The topological polar surface area (TPSA) is 80.3 Å². The van der Waals surface area contributed by atoms with E-state index in [0.29, 0.717) is 11.4 Å². The van der Waals surface area contributed by atoms with E-state index in [1.54, 1.807) is 30.7 Å². The molecule has 0 spiro atoms. The summed E-state index contributed by atoms with van der Waals surface area (Å²) in [5.41, 5.74) is 3.89. The standard InChI is InChI=1S/C18H12N6/c1-12-22-16-4-3-15(14-6-8-20-9-7-14)23-18(16)24(12)17-5-2-13(10-19)11-21-17/h2-9,11H,1H3. The number of pyridine rings is 3. The van der Waals surface area contributed by atoms with Gasteiger partial charge in [-0.05, 0) is 43.3 Å². The van der Waals surface area contributed by atoms with E-state index in [1.807, 2.05) is 35.8 Å². The van der Waals surface area contributed by atoms with Crippen LogP contribution in [0.1, 0.15) is 11.4 Å². The molecule has 0 fully saturated rings. The minimum atomic E-state index is 0.520. The lowest BCUT2D eigenvalue weighted by Gasteiger charge is -2.06. The Morgan fingerprint density at radius 1 is 1.00 bits per heavy atom. The molecule has 4 aromatic rings. The summed E-state index contributed by atoms with van der Waals surface area (Å²) in [7, 11) is 0. The first kappa shape index (κ1) is 14.0. The van der Waals surface area contributed by atoms with Crippen molar-refractivity contribution in [2.75, 3.05) is 0 Å². The molecule has 6 nitrogen and oxygen atoms in total. The number of hydrogen-bond acceptors (Lipinski definition) is 5. The highest BCUT2D eigenvalue weighted by atomic mass is 15.2. The van der Waals surface area contributed by atoms with Crippen molar-refractivity contribution in [1.29, 1.82) is 5.26 Å². The predicted molar refractivity (Wildman–Crippen MR) is 89.3 cm³/mol. The van der Waals surface area contributed by atoms with Crippen LogP contribution in [0.3, 0.4) is 0 Å². The second-order valence-corrected chi connectivity index (χ2v) is 5.29. The van der Waals surface area contributed by atoms with Gasteiger partial charge in [-0.1, -0.05) is 0 Å². The molecule has 4 aromatic heterocycles. The fourth-order valence-electron chi connectivity index (χ4n) is 2.61. The molecule has 0 amide bonds. The Hall–Kier alpha value is -3.59. The smallest absolute Gasteiger partial charge is 0.166 e. The molecular weight excluding hydrogens is 300 g/mol. The van der Waals surface area contributed by atoms with Gasteiger partial charge in [-0.25, -0.2) is 15.0 Å². The number of nitrogens with zero attached hydrogens (tertiary/aromatic N) is 6. The Kier molecular flexibility index (Phi) is 3.25. The molecule has 0 aromatic carbocycles. The normalized spacial score (nSPS) is 10.7. The fraction of sp³-hybridized carbons (Fsp3) is 0.0556. The summed E-state index contributed by atoms with van der Waals surface area (Å²) >= 11 is 0. The zero-order valence-corrected chi connectivity index (χ0v) is 12.9. The summed E-state index contributed by atoms with van der Waals surface area (Å²) < 4.78 is 1.89. The van der Waals surface area contributed by atoms with Crippen molar-refractivity contribution in [3.8, 4) is 23.1 Å². The molecule has 6 heteroatoms. The van der Waals surface area contributed by atoms with Crippen LogP contribution in [0.4, 0.5) is 0 Å². The molecular formula is C18H12N6. The molecule has 0 unspecified atom stereocenters. The molecule has 0 aliphatic heterocycles. The molecule has 4 rings (SSSR count). The van der Waals surface area contributed by atoms with Crippen LogP contribution < -0.4 is 0 Å². The van der Waals surface area contributed by atoms with Gasteiger partial charge in [0.25, 0.3) is 0 Å². The highest BCUT2D eigenvalue weighted by Crippen LogP contribution is 2.23. The Morgan fingerprint density at radius 3 is 2.54 bits per heavy atom. The Balaban J connectivity index is 1.91. The van der Waals surface area contributed by atoms with Crippen LogP contribution in [0.25, 0.3) is 28.2 Å². The first-order valence-electron chi connectivity index (χ1n) is 7.39. The Morgan fingerprint density at radius 2 is 1.83 bits per heavy atom. The van der Waals surface area contributed by atoms with Gasteiger partial charge in [-0.15, -0.1) is 0 Å². The van der Waals surface area contributed by atoms with Gasteiger partial charge in [0.05, 0.1) is 11.3 Å². The number of hydrogen-bond donors (Lipinski definition) is 0. The van der Waals surface area contributed by atoms with Gasteiger partial charge < -0.3 is 0 Å². The van der Waals surface area contributed by atoms with Crippen LogP contribution in [-0.2, 0) is 0 Å². The summed E-state index contributed by atoms with van der Waals surface area (Å²) in [6.45, 7) is 1.91. The minimum absolute atomic E-state index is 0.520. The summed E-state index contributed by atoms with van der Waals surface area (Å²) in [5.74, 6) is 1.48. The number of fused-ring (bicyclic) bond motifs is 1. The lowest BCUT2D eigenvalue weighted by molar-refractivity contribution is 0.944. The molecule has 0 bridgehead atoms. The maximum absolute atomic E-state index is 8.92. The average Bonchev–Trinajstić information content (AvgIpc) is 2.97. The van der Waals surface area contributed by atoms with E-state index < -0.39 is 0 Å². The highest BCUT2D eigenvalue weighted by molar-refractivity contribution is 5.77. The maximum atomic E-state index is 8.92. The predicted octanol–water partition coefficient (Wildman–Crippen LogP) is 3.06. The van der Waals surface area contributed by atoms with E-state index in [1.165, 1.54) is 0 Å². The van der Waals surface area contributed by atoms with Crippen LogP contribution in [0, 0.1) is 18.3 Å². The van der Waals surface area contributed by atoms with Crippen molar-refractivity contribution in [2.24, 2.45) is 0 Å². The average molecular weight is 312 g/mol. The zero-order valence-electron chi connectivity index (χ0n) is 12.9. The molecule has 24 heavy (non-hydrogen) atoms. The third kappa shape index (κ3) is 2.29. The van der Waals surface area contributed by atoms with E-state index in [9.17, 15) is 0 Å². The van der Waals surface area contributed by atoms with Gasteiger partial charge in [0, 0.05) is 24.2 Å². The van der Waals surface area contributed by atoms with Gasteiger partial charge in [0.2, 0.25) is 0 Å². The Labute approximate surface area is 138 Å². The van der Waals surface area contributed by atoms with Crippen LogP contribution in [0.15, 0.2) is 55.0 Å². The summed E-state index contributed by atoms with van der Waals surface area (Å²) in [6.07, 6.45) is 5.03. The molecule has 114 valence electrons. The third-order valence-corrected chi connectivity index (χ3v) is 3.75. The van der Waals surface area contributed by atoms with Crippen molar-refractivity contribution in [3.63, 3.8) is 0 Å². The van der Waals surface area contributed by atoms with Crippen molar-refractivity contribution in [2.45, 2.75) is 6.92 Å². The monoisotopic (exact) mass is 312 g/mol. The van der Waals surface area contributed by atoms with E-state index >= 15 is 0 Å².